The van der Waals surface area contributed by atoms with E-state index in [0.29, 0.717) is 55.3 Å². The van der Waals surface area contributed by atoms with Crippen molar-refractivity contribution in [3.63, 3.8) is 0 Å². The van der Waals surface area contributed by atoms with E-state index < -0.39 is 10.0 Å². The van der Waals surface area contributed by atoms with Crippen molar-refractivity contribution < 1.29 is 17.9 Å². The lowest BCUT2D eigenvalue weighted by atomic mass is 10.2. The quantitative estimate of drug-likeness (QED) is 0.484. The molecule has 3 aromatic rings. The number of nitrogens with zero attached hydrogens (tertiary/aromatic N) is 3. The summed E-state index contributed by atoms with van der Waals surface area (Å²) in [5, 5.41) is 3.33. The van der Waals surface area contributed by atoms with Crippen molar-refractivity contribution in [1.29, 1.82) is 0 Å². The molecule has 35 heavy (non-hydrogen) atoms. The molecule has 186 valence electrons. The third-order valence-electron chi connectivity index (χ3n) is 5.84. The maximum absolute atomic E-state index is 12.8. The third-order valence-corrected chi connectivity index (χ3v) is 7.75. The van der Waals surface area contributed by atoms with Gasteiger partial charge in [0.25, 0.3) is 5.56 Å². The highest BCUT2D eigenvalue weighted by atomic mass is 32.2. The maximum Gasteiger partial charge on any atom is 0.258 e. The first-order valence-electron chi connectivity index (χ1n) is 11.4. The maximum atomic E-state index is 12.8. The number of nitrogens with one attached hydrogen (secondary N) is 2. The largest absolute Gasteiger partial charge is 0.379 e. The molecule has 10 nitrogen and oxygen atoms in total. The van der Waals surface area contributed by atoms with Crippen LogP contribution in [0.4, 0.5) is 5.69 Å². The summed E-state index contributed by atoms with van der Waals surface area (Å²) in [4.78, 5) is 34.5. The van der Waals surface area contributed by atoms with E-state index in [1.807, 2.05) is 24.8 Å². The lowest BCUT2D eigenvalue weighted by Crippen LogP contribution is -2.40. The van der Waals surface area contributed by atoms with Crippen LogP contribution in [0.3, 0.4) is 0 Å². The summed E-state index contributed by atoms with van der Waals surface area (Å²) in [6, 6.07) is 13.3. The van der Waals surface area contributed by atoms with Gasteiger partial charge in [-0.3, -0.25) is 14.5 Å². The lowest BCUT2D eigenvalue weighted by Gasteiger charge is -2.26. The zero-order valence-corrected chi connectivity index (χ0v) is 20.5. The van der Waals surface area contributed by atoms with E-state index in [1.165, 1.54) is 16.4 Å². The number of sulfonamides is 1. The third kappa shape index (κ3) is 5.93. The number of rotatable bonds is 8. The Bertz CT molecular complexity index is 1350. The number of H-pyrrole nitrogens is 1. The van der Waals surface area contributed by atoms with Gasteiger partial charge in [-0.05, 0) is 50.2 Å². The van der Waals surface area contributed by atoms with Crippen LogP contribution in [0.5, 0.6) is 0 Å². The number of aromatic amines is 1. The summed E-state index contributed by atoms with van der Waals surface area (Å²) < 4.78 is 32.2. The summed E-state index contributed by atoms with van der Waals surface area (Å²) in [6.07, 6.45) is 0. The Labute approximate surface area is 204 Å². The topological polar surface area (TPSA) is 125 Å². The molecule has 4 rings (SSSR count). The van der Waals surface area contributed by atoms with Crippen LogP contribution in [0.2, 0.25) is 0 Å². The Hall–Kier alpha value is -3.12. The minimum Gasteiger partial charge on any atom is -0.379 e. The van der Waals surface area contributed by atoms with E-state index in [4.69, 9.17) is 4.74 Å². The van der Waals surface area contributed by atoms with Crippen molar-refractivity contribution in [2.75, 3.05) is 38.2 Å². The predicted molar refractivity (Wildman–Crippen MR) is 133 cm³/mol. The predicted octanol–water partition coefficient (Wildman–Crippen LogP) is 1.79. The smallest absolute Gasteiger partial charge is 0.258 e. The van der Waals surface area contributed by atoms with Crippen molar-refractivity contribution >= 4 is 32.5 Å². The van der Waals surface area contributed by atoms with E-state index in [-0.39, 0.29) is 28.9 Å². The van der Waals surface area contributed by atoms with Crippen molar-refractivity contribution in [2.45, 2.75) is 31.3 Å². The van der Waals surface area contributed by atoms with Gasteiger partial charge in [0.1, 0.15) is 5.82 Å². The summed E-state index contributed by atoms with van der Waals surface area (Å²) in [5.74, 6) is 0.221. The van der Waals surface area contributed by atoms with Crippen LogP contribution in [-0.4, -0.2) is 72.4 Å². The number of amides is 1. The second kappa shape index (κ2) is 10.6. The van der Waals surface area contributed by atoms with Gasteiger partial charge in [-0.25, -0.2) is 13.4 Å². The zero-order chi connectivity index (χ0) is 25.0. The average molecular weight is 500 g/mol. The van der Waals surface area contributed by atoms with Gasteiger partial charge in [0.2, 0.25) is 15.9 Å². The molecule has 1 saturated heterocycles. The van der Waals surface area contributed by atoms with Gasteiger partial charge in [0, 0.05) is 24.8 Å². The molecule has 2 N–H and O–H groups in total. The molecule has 0 unspecified atom stereocenters. The minimum absolute atomic E-state index is 0.0126. The molecular weight excluding hydrogens is 470 g/mol. The van der Waals surface area contributed by atoms with Gasteiger partial charge < -0.3 is 15.0 Å². The molecule has 0 saturated carbocycles. The number of fused-ring (bicyclic) bond motifs is 1. The Kier molecular flexibility index (Phi) is 7.60. The molecule has 2 heterocycles. The van der Waals surface area contributed by atoms with Crippen LogP contribution in [0.15, 0.2) is 58.2 Å². The van der Waals surface area contributed by atoms with E-state index >= 15 is 0 Å². The van der Waals surface area contributed by atoms with Gasteiger partial charge in [-0.2, -0.15) is 4.31 Å². The highest BCUT2D eigenvalue weighted by Gasteiger charge is 2.26. The average Bonchev–Trinajstić information content (AvgIpc) is 2.84. The first-order chi connectivity index (χ1) is 16.7. The van der Waals surface area contributed by atoms with Crippen molar-refractivity contribution in [1.82, 2.24) is 19.2 Å². The van der Waals surface area contributed by atoms with Gasteiger partial charge in [-0.15, -0.1) is 0 Å². The molecule has 0 aliphatic carbocycles. The Morgan fingerprint density at radius 3 is 2.51 bits per heavy atom. The first kappa shape index (κ1) is 25.0. The number of carbonyl (C=O) groups excluding carboxylic acids is 1. The minimum atomic E-state index is -3.59. The van der Waals surface area contributed by atoms with Gasteiger partial charge in [-0.1, -0.05) is 12.1 Å². The zero-order valence-electron chi connectivity index (χ0n) is 19.7. The molecule has 1 aliphatic heterocycles. The van der Waals surface area contributed by atoms with E-state index in [1.54, 1.807) is 30.3 Å². The Morgan fingerprint density at radius 1 is 1.14 bits per heavy atom. The number of anilines is 1. The fraction of sp³-hybridized carbons (Fsp3) is 0.375. The van der Waals surface area contributed by atoms with Crippen LogP contribution in [0, 0.1) is 0 Å². The number of morpholine rings is 1. The number of para-hydroxylation sites is 1. The number of carbonyl (C=O) groups is 1. The molecule has 1 aliphatic rings. The standard InChI is InChI=1S/C24H29N5O5S/c1-17(2)28(15-22-26-21-6-4-3-5-20(21)24(31)27-22)16-23(30)25-18-7-9-19(10-8-18)35(32,33)29-11-13-34-14-12-29/h3-10,17H,11-16H2,1-2H3,(H,25,30)(H,26,27,31). The number of hydrogen-bond acceptors (Lipinski definition) is 7. The van der Waals surface area contributed by atoms with Crippen molar-refractivity contribution in [2.24, 2.45) is 0 Å². The van der Waals surface area contributed by atoms with Crippen LogP contribution in [0.1, 0.15) is 19.7 Å². The fourth-order valence-electron chi connectivity index (χ4n) is 3.85. The summed E-state index contributed by atoms with van der Waals surface area (Å²) >= 11 is 0. The molecule has 0 atom stereocenters. The van der Waals surface area contributed by atoms with E-state index in [9.17, 15) is 18.0 Å². The first-order valence-corrected chi connectivity index (χ1v) is 12.9. The Balaban J connectivity index is 1.41. The molecule has 11 heteroatoms. The number of aromatic nitrogens is 2. The van der Waals surface area contributed by atoms with Crippen molar-refractivity contribution in [3.05, 3.63) is 64.7 Å². The summed E-state index contributed by atoms with van der Waals surface area (Å²) in [5.41, 5.74) is 0.884. The molecule has 1 amide bonds. The normalized spacial score (nSPS) is 15.1. The molecular formula is C24H29N5O5S. The second-order valence-corrected chi connectivity index (χ2v) is 10.6. The molecule has 0 radical (unpaired) electrons. The number of ether oxygens (including phenoxy) is 1. The van der Waals surface area contributed by atoms with E-state index in [0.717, 1.165) is 0 Å². The fourth-order valence-corrected chi connectivity index (χ4v) is 5.26. The molecule has 0 bridgehead atoms. The second-order valence-electron chi connectivity index (χ2n) is 8.62. The molecule has 0 spiro atoms. The van der Waals surface area contributed by atoms with Crippen molar-refractivity contribution in [3.8, 4) is 0 Å². The highest BCUT2D eigenvalue weighted by molar-refractivity contribution is 7.89. The van der Waals surface area contributed by atoms with Crippen LogP contribution in [-0.2, 0) is 26.1 Å². The lowest BCUT2D eigenvalue weighted by molar-refractivity contribution is -0.117. The SMILES string of the molecule is CC(C)N(CC(=O)Nc1ccc(S(=O)(=O)N2CCOCC2)cc1)Cc1nc2ccccc2c(=O)[nH]1. The monoisotopic (exact) mass is 499 g/mol. The number of hydrogen-bond donors (Lipinski definition) is 2. The molecule has 1 fully saturated rings. The Morgan fingerprint density at radius 2 is 1.83 bits per heavy atom. The summed E-state index contributed by atoms with van der Waals surface area (Å²) in [6.45, 7) is 5.68. The van der Waals surface area contributed by atoms with Gasteiger partial charge in [0.05, 0.1) is 42.1 Å². The van der Waals surface area contributed by atoms with Crippen LogP contribution >= 0.6 is 0 Å². The molecule has 2 aromatic carbocycles. The molecule has 1 aromatic heterocycles. The van der Waals surface area contributed by atoms with Gasteiger partial charge in [0.15, 0.2) is 0 Å². The number of benzene rings is 2. The van der Waals surface area contributed by atoms with Gasteiger partial charge >= 0.3 is 0 Å². The highest BCUT2D eigenvalue weighted by Crippen LogP contribution is 2.19. The summed E-state index contributed by atoms with van der Waals surface area (Å²) in [7, 11) is -3.59. The van der Waals surface area contributed by atoms with Crippen LogP contribution < -0.4 is 10.9 Å². The van der Waals surface area contributed by atoms with Crippen LogP contribution in [0.25, 0.3) is 10.9 Å². The van der Waals surface area contributed by atoms with E-state index in [2.05, 4.69) is 15.3 Å².